The van der Waals surface area contributed by atoms with Gasteiger partial charge in [-0.2, -0.15) is 0 Å². The largest absolute Gasteiger partial charge is 0.396 e. The fraction of sp³-hybridized carbons (Fsp3) is 0.400. The number of amides is 1. The highest BCUT2D eigenvalue weighted by atomic mass is 35.5. The van der Waals surface area contributed by atoms with Gasteiger partial charge in [-0.05, 0) is 36.5 Å². The molecule has 1 unspecified atom stereocenters. The first-order valence-corrected chi connectivity index (χ1v) is 7.39. The minimum absolute atomic E-state index is 0.0563. The lowest BCUT2D eigenvalue weighted by molar-refractivity contribution is -0.127. The minimum atomic E-state index is -0.0563. The molecule has 108 valence electrons. The number of aliphatic hydroxyl groups is 1. The quantitative estimate of drug-likeness (QED) is 0.870. The Labute approximate surface area is 128 Å². The monoisotopic (exact) mass is 313 g/mol. The molecule has 0 spiro atoms. The predicted octanol–water partition coefficient (Wildman–Crippen LogP) is 3.24. The zero-order valence-electron chi connectivity index (χ0n) is 11.1. The zero-order chi connectivity index (χ0) is 14.5. The summed E-state index contributed by atoms with van der Waals surface area (Å²) in [4.78, 5) is 13.9. The smallest absolute Gasteiger partial charge is 0.246 e. The number of halogens is 2. The lowest BCUT2D eigenvalue weighted by Gasteiger charge is -2.31. The summed E-state index contributed by atoms with van der Waals surface area (Å²) in [6.07, 6.45) is 5.10. The molecule has 0 aliphatic carbocycles. The first kappa shape index (κ1) is 15.4. The van der Waals surface area contributed by atoms with E-state index in [9.17, 15) is 9.90 Å². The lowest BCUT2D eigenvalue weighted by Crippen LogP contribution is -2.40. The molecule has 1 amide bonds. The van der Waals surface area contributed by atoms with E-state index in [1.165, 1.54) is 6.08 Å². The molecule has 1 aromatic carbocycles. The van der Waals surface area contributed by atoms with Crippen molar-refractivity contribution in [1.82, 2.24) is 4.90 Å². The van der Waals surface area contributed by atoms with Crippen LogP contribution in [0.1, 0.15) is 18.4 Å². The van der Waals surface area contributed by atoms with E-state index in [1.54, 1.807) is 23.1 Å². The molecule has 3 nitrogen and oxygen atoms in total. The Balaban J connectivity index is 2.03. The Bertz CT molecular complexity index is 517. The number of likely N-dealkylation sites (tertiary alicyclic amines) is 1. The number of carbonyl (C=O) groups excluding carboxylic acids is 1. The van der Waals surface area contributed by atoms with Gasteiger partial charge in [-0.25, -0.2) is 0 Å². The number of nitrogens with zero attached hydrogens (tertiary/aromatic N) is 1. The summed E-state index contributed by atoms with van der Waals surface area (Å²) < 4.78 is 0. The van der Waals surface area contributed by atoms with Crippen molar-refractivity contribution < 1.29 is 9.90 Å². The first-order chi connectivity index (χ1) is 9.61. The van der Waals surface area contributed by atoms with Crippen molar-refractivity contribution in [3.05, 3.63) is 39.9 Å². The van der Waals surface area contributed by atoms with Crippen LogP contribution in [0.15, 0.2) is 24.3 Å². The molecule has 1 heterocycles. The average Bonchev–Trinajstić information content (AvgIpc) is 2.48. The van der Waals surface area contributed by atoms with Crippen LogP contribution in [0, 0.1) is 5.92 Å². The van der Waals surface area contributed by atoms with Gasteiger partial charge in [0.15, 0.2) is 0 Å². The van der Waals surface area contributed by atoms with Crippen LogP contribution < -0.4 is 0 Å². The maximum absolute atomic E-state index is 12.1. The van der Waals surface area contributed by atoms with Gasteiger partial charge in [-0.3, -0.25) is 4.79 Å². The van der Waals surface area contributed by atoms with Crippen molar-refractivity contribution in [3.63, 3.8) is 0 Å². The maximum Gasteiger partial charge on any atom is 0.246 e. The number of benzene rings is 1. The molecule has 1 aliphatic rings. The summed E-state index contributed by atoms with van der Waals surface area (Å²) in [6.45, 7) is 1.49. The predicted molar refractivity (Wildman–Crippen MR) is 81.9 cm³/mol. The van der Waals surface area contributed by atoms with Crippen LogP contribution in [-0.4, -0.2) is 35.6 Å². The molecule has 0 bridgehead atoms. The van der Waals surface area contributed by atoms with E-state index in [0.29, 0.717) is 16.6 Å². The third kappa shape index (κ3) is 3.75. The van der Waals surface area contributed by atoms with Crippen molar-refractivity contribution in [1.29, 1.82) is 0 Å². The molecule has 1 saturated heterocycles. The first-order valence-electron chi connectivity index (χ1n) is 6.63. The highest BCUT2D eigenvalue weighted by molar-refractivity contribution is 6.42. The van der Waals surface area contributed by atoms with Gasteiger partial charge in [-0.15, -0.1) is 0 Å². The Hall–Kier alpha value is -1.03. The van der Waals surface area contributed by atoms with Crippen LogP contribution in [0.4, 0.5) is 0 Å². The number of rotatable bonds is 3. The van der Waals surface area contributed by atoms with E-state index < -0.39 is 0 Å². The van der Waals surface area contributed by atoms with E-state index >= 15 is 0 Å². The molecule has 0 saturated carbocycles. The fourth-order valence-electron chi connectivity index (χ4n) is 2.33. The molecule has 1 N–H and O–H groups in total. The lowest BCUT2D eigenvalue weighted by atomic mass is 9.99. The van der Waals surface area contributed by atoms with Gasteiger partial charge >= 0.3 is 0 Å². The van der Waals surface area contributed by atoms with Crippen LogP contribution in [0.5, 0.6) is 0 Å². The van der Waals surface area contributed by atoms with Gasteiger partial charge in [0.1, 0.15) is 0 Å². The van der Waals surface area contributed by atoms with Crippen molar-refractivity contribution in [2.45, 2.75) is 12.8 Å². The normalized spacial score (nSPS) is 19.6. The van der Waals surface area contributed by atoms with Crippen LogP contribution >= 0.6 is 23.2 Å². The van der Waals surface area contributed by atoms with Gasteiger partial charge in [-0.1, -0.05) is 35.3 Å². The topological polar surface area (TPSA) is 40.5 Å². The number of hydrogen-bond acceptors (Lipinski definition) is 2. The van der Waals surface area contributed by atoms with E-state index in [0.717, 1.165) is 24.9 Å². The highest BCUT2D eigenvalue weighted by Gasteiger charge is 2.21. The number of piperidine rings is 1. The Morgan fingerprint density at radius 1 is 1.45 bits per heavy atom. The third-order valence-electron chi connectivity index (χ3n) is 3.48. The second-order valence-electron chi connectivity index (χ2n) is 4.95. The van der Waals surface area contributed by atoms with Crippen molar-refractivity contribution in [2.24, 2.45) is 5.92 Å². The van der Waals surface area contributed by atoms with Crippen molar-refractivity contribution in [3.8, 4) is 0 Å². The summed E-state index contributed by atoms with van der Waals surface area (Å²) in [5, 5.41) is 10.1. The SMILES string of the molecule is O=C(/C=C/c1cccc(Cl)c1Cl)N1CCCC(CO)C1. The summed E-state index contributed by atoms with van der Waals surface area (Å²) in [5.41, 5.74) is 0.725. The highest BCUT2D eigenvalue weighted by Crippen LogP contribution is 2.26. The molecule has 1 aliphatic heterocycles. The third-order valence-corrected chi connectivity index (χ3v) is 4.31. The van der Waals surface area contributed by atoms with Gasteiger partial charge in [0.05, 0.1) is 10.0 Å². The Kier molecular flexibility index (Phi) is 5.46. The van der Waals surface area contributed by atoms with E-state index in [4.69, 9.17) is 23.2 Å². The van der Waals surface area contributed by atoms with Crippen LogP contribution in [0.2, 0.25) is 10.0 Å². The Morgan fingerprint density at radius 2 is 2.25 bits per heavy atom. The van der Waals surface area contributed by atoms with Crippen LogP contribution in [0.25, 0.3) is 6.08 Å². The molecule has 5 heteroatoms. The number of aliphatic hydroxyl groups excluding tert-OH is 1. The fourth-order valence-corrected chi connectivity index (χ4v) is 2.70. The van der Waals surface area contributed by atoms with Gasteiger partial charge in [0.25, 0.3) is 0 Å². The second-order valence-corrected chi connectivity index (χ2v) is 5.74. The maximum atomic E-state index is 12.1. The minimum Gasteiger partial charge on any atom is -0.396 e. The summed E-state index contributed by atoms with van der Waals surface area (Å²) in [6, 6.07) is 5.31. The molecule has 0 radical (unpaired) electrons. The molecule has 2 rings (SSSR count). The summed E-state index contributed by atoms with van der Waals surface area (Å²) >= 11 is 12.0. The standard InChI is InChI=1S/C15H17Cl2NO2/c16-13-5-1-4-12(15(13)17)6-7-14(20)18-8-2-3-11(9-18)10-19/h1,4-7,11,19H,2-3,8-10H2/b7-6+. The molecular weight excluding hydrogens is 297 g/mol. The van der Waals surface area contributed by atoms with Gasteiger partial charge in [0, 0.05) is 25.8 Å². The van der Waals surface area contributed by atoms with Gasteiger partial charge < -0.3 is 10.0 Å². The average molecular weight is 314 g/mol. The Morgan fingerprint density at radius 3 is 3.00 bits per heavy atom. The van der Waals surface area contributed by atoms with Crippen LogP contribution in [0.3, 0.4) is 0 Å². The zero-order valence-corrected chi connectivity index (χ0v) is 12.6. The van der Waals surface area contributed by atoms with E-state index in [-0.39, 0.29) is 18.4 Å². The van der Waals surface area contributed by atoms with Gasteiger partial charge in [0.2, 0.25) is 5.91 Å². The van der Waals surface area contributed by atoms with Crippen molar-refractivity contribution >= 4 is 35.2 Å². The van der Waals surface area contributed by atoms with E-state index in [1.807, 2.05) is 6.07 Å². The molecule has 1 aromatic rings. The molecule has 0 aromatic heterocycles. The molecule has 20 heavy (non-hydrogen) atoms. The second kappa shape index (κ2) is 7.11. The summed E-state index contributed by atoms with van der Waals surface area (Å²) in [5.74, 6) is 0.134. The molecule has 1 fully saturated rings. The van der Waals surface area contributed by atoms with Crippen molar-refractivity contribution in [2.75, 3.05) is 19.7 Å². The number of carbonyl (C=O) groups is 1. The summed E-state index contributed by atoms with van der Waals surface area (Å²) in [7, 11) is 0. The number of hydrogen-bond donors (Lipinski definition) is 1. The van der Waals surface area contributed by atoms with E-state index in [2.05, 4.69) is 0 Å². The molecular formula is C15H17Cl2NO2. The molecule has 1 atom stereocenters. The van der Waals surface area contributed by atoms with Crippen LogP contribution in [-0.2, 0) is 4.79 Å².